The van der Waals surface area contributed by atoms with Crippen LogP contribution in [0.5, 0.6) is 0 Å². The lowest BCUT2D eigenvalue weighted by Crippen LogP contribution is -2.48. The molecule has 0 aliphatic carbocycles. The number of benzene rings is 1. The van der Waals surface area contributed by atoms with Gasteiger partial charge in [0.05, 0.1) is 12.2 Å². The molecule has 3 nitrogen and oxygen atoms in total. The smallest absolute Gasteiger partial charge is 0.0862 e. The van der Waals surface area contributed by atoms with Crippen molar-refractivity contribution in [3.63, 3.8) is 0 Å². The number of nitrogens with zero attached hydrogens (tertiary/aromatic N) is 1. The van der Waals surface area contributed by atoms with Gasteiger partial charge in [0, 0.05) is 31.7 Å². The minimum Gasteiger partial charge on any atom is -0.388 e. The molecule has 1 aromatic carbocycles. The van der Waals surface area contributed by atoms with Gasteiger partial charge in [-0.05, 0) is 25.3 Å². The Hall–Kier alpha value is -0.900. The molecule has 2 saturated heterocycles. The third-order valence-electron chi connectivity index (χ3n) is 4.94. The molecule has 1 aromatic rings. The molecule has 0 saturated carbocycles. The highest BCUT2D eigenvalue weighted by molar-refractivity contribution is 5.15. The van der Waals surface area contributed by atoms with Crippen LogP contribution in [0.3, 0.4) is 0 Å². The molecule has 1 N–H and O–H groups in total. The van der Waals surface area contributed by atoms with E-state index in [9.17, 15) is 5.11 Å². The second kappa shape index (κ2) is 5.23. The maximum absolute atomic E-state index is 11.0. The van der Waals surface area contributed by atoms with Gasteiger partial charge >= 0.3 is 0 Å². The van der Waals surface area contributed by atoms with E-state index in [1.807, 2.05) is 6.07 Å². The molecule has 0 amide bonds. The van der Waals surface area contributed by atoms with Crippen molar-refractivity contribution >= 4 is 0 Å². The summed E-state index contributed by atoms with van der Waals surface area (Å²) in [6.45, 7) is 5.59. The molecule has 3 heteroatoms. The highest BCUT2D eigenvalue weighted by atomic mass is 16.5. The first-order valence-corrected chi connectivity index (χ1v) is 7.28. The van der Waals surface area contributed by atoms with E-state index in [0.29, 0.717) is 5.92 Å². The van der Waals surface area contributed by atoms with Crippen molar-refractivity contribution in [3.05, 3.63) is 35.9 Å². The topological polar surface area (TPSA) is 32.7 Å². The normalized spacial score (nSPS) is 35.9. The van der Waals surface area contributed by atoms with Crippen LogP contribution in [0.1, 0.15) is 25.3 Å². The van der Waals surface area contributed by atoms with Crippen LogP contribution in [0.2, 0.25) is 0 Å². The monoisotopic (exact) mass is 261 g/mol. The average molecular weight is 261 g/mol. The first-order valence-electron chi connectivity index (χ1n) is 7.28. The van der Waals surface area contributed by atoms with Crippen molar-refractivity contribution in [1.82, 2.24) is 4.90 Å². The Bertz CT molecular complexity index is 416. The largest absolute Gasteiger partial charge is 0.388 e. The summed E-state index contributed by atoms with van der Waals surface area (Å²) in [6.07, 6.45) is 1.87. The van der Waals surface area contributed by atoms with Gasteiger partial charge in [0.2, 0.25) is 0 Å². The Balaban J connectivity index is 1.69. The van der Waals surface area contributed by atoms with Crippen molar-refractivity contribution in [1.29, 1.82) is 0 Å². The predicted molar refractivity (Wildman–Crippen MR) is 74.8 cm³/mol. The van der Waals surface area contributed by atoms with E-state index in [4.69, 9.17) is 4.74 Å². The zero-order valence-corrected chi connectivity index (χ0v) is 11.6. The highest BCUT2D eigenvalue weighted by Gasteiger charge is 2.49. The van der Waals surface area contributed by atoms with E-state index in [1.165, 1.54) is 5.56 Å². The van der Waals surface area contributed by atoms with Crippen molar-refractivity contribution < 1.29 is 9.84 Å². The molecule has 2 aliphatic heterocycles. The van der Waals surface area contributed by atoms with Crippen LogP contribution in [0.25, 0.3) is 0 Å². The van der Waals surface area contributed by atoms with Crippen LogP contribution in [0.4, 0.5) is 0 Å². The molecule has 0 radical (unpaired) electrons. The molecule has 2 aliphatic rings. The molecule has 3 atom stereocenters. The SMILES string of the molecule is CC1N(Cc2ccccc2)CCC1(O)C1CCOC1. The third kappa shape index (κ3) is 2.42. The molecule has 104 valence electrons. The fourth-order valence-electron chi connectivity index (χ4n) is 3.55. The van der Waals surface area contributed by atoms with Crippen LogP contribution in [0.15, 0.2) is 30.3 Å². The third-order valence-corrected chi connectivity index (χ3v) is 4.94. The fraction of sp³-hybridized carbons (Fsp3) is 0.625. The standard InChI is InChI=1S/C16H23NO2/c1-13-16(18,15-7-10-19-12-15)8-9-17(13)11-14-5-3-2-4-6-14/h2-6,13,15,18H,7-12H2,1H3. The number of hydrogen-bond donors (Lipinski definition) is 1. The zero-order chi connectivity index (χ0) is 13.3. The minimum absolute atomic E-state index is 0.208. The summed E-state index contributed by atoms with van der Waals surface area (Å²) >= 11 is 0. The first kappa shape index (κ1) is 13.1. The van der Waals surface area contributed by atoms with Crippen LogP contribution < -0.4 is 0 Å². The van der Waals surface area contributed by atoms with Crippen LogP contribution in [-0.2, 0) is 11.3 Å². The van der Waals surface area contributed by atoms with Gasteiger partial charge in [-0.25, -0.2) is 0 Å². The number of aliphatic hydroxyl groups is 1. The minimum atomic E-state index is -0.564. The molecule has 2 fully saturated rings. The summed E-state index contributed by atoms with van der Waals surface area (Å²) in [5.41, 5.74) is 0.756. The number of likely N-dealkylation sites (tertiary alicyclic amines) is 1. The van der Waals surface area contributed by atoms with Gasteiger partial charge in [-0.2, -0.15) is 0 Å². The number of rotatable bonds is 3. The van der Waals surface area contributed by atoms with Gasteiger partial charge in [-0.1, -0.05) is 30.3 Å². The van der Waals surface area contributed by atoms with E-state index in [0.717, 1.165) is 39.1 Å². The molecule has 0 bridgehead atoms. The maximum Gasteiger partial charge on any atom is 0.0862 e. The summed E-state index contributed by atoms with van der Waals surface area (Å²) in [5, 5.41) is 11.0. The highest BCUT2D eigenvalue weighted by Crippen LogP contribution is 2.39. The molecular weight excluding hydrogens is 238 g/mol. The Morgan fingerprint density at radius 3 is 2.84 bits per heavy atom. The van der Waals surface area contributed by atoms with Gasteiger partial charge in [0.25, 0.3) is 0 Å². The van der Waals surface area contributed by atoms with Gasteiger partial charge < -0.3 is 9.84 Å². The van der Waals surface area contributed by atoms with Crippen molar-refractivity contribution in [2.24, 2.45) is 5.92 Å². The second-order valence-corrected chi connectivity index (χ2v) is 5.93. The quantitative estimate of drug-likeness (QED) is 0.904. The van der Waals surface area contributed by atoms with Crippen molar-refractivity contribution in [2.75, 3.05) is 19.8 Å². The molecule has 3 unspecified atom stereocenters. The van der Waals surface area contributed by atoms with Gasteiger partial charge in [-0.15, -0.1) is 0 Å². The molecule has 0 aromatic heterocycles. The van der Waals surface area contributed by atoms with Gasteiger partial charge in [-0.3, -0.25) is 4.90 Å². The summed E-state index contributed by atoms with van der Waals surface area (Å²) in [6, 6.07) is 10.7. The Kier molecular flexibility index (Phi) is 3.61. The molecular formula is C16H23NO2. The number of ether oxygens (including phenoxy) is 1. The van der Waals surface area contributed by atoms with Crippen LogP contribution in [0, 0.1) is 5.92 Å². The second-order valence-electron chi connectivity index (χ2n) is 5.93. The van der Waals surface area contributed by atoms with E-state index in [1.54, 1.807) is 0 Å². The molecule has 0 spiro atoms. The van der Waals surface area contributed by atoms with E-state index < -0.39 is 5.60 Å². The summed E-state index contributed by atoms with van der Waals surface area (Å²) < 4.78 is 5.46. The zero-order valence-electron chi connectivity index (χ0n) is 11.6. The van der Waals surface area contributed by atoms with E-state index in [-0.39, 0.29) is 6.04 Å². The Morgan fingerprint density at radius 2 is 2.16 bits per heavy atom. The first-order chi connectivity index (χ1) is 9.20. The summed E-state index contributed by atoms with van der Waals surface area (Å²) in [5.74, 6) is 0.309. The fourth-order valence-corrected chi connectivity index (χ4v) is 3.55. The van der Waals surface area contributed by atoms with Crippen molar-refractivity contribution in [3.8, 4) is 0 Å². The average Bonchev–Trinajstić information content (AvgIpc) is 3.05. The van der Waals surface area contributed by atoms with E-state index in [2.05, 4.69) is 36.1 Å². The molecule has 19 heavy (non-hydrogen) atoms. The lowest BCUT2D eigenvalue weighted by atomic mass is 9.81. The van der Waals surface area contributed by atoms with Crippen LogP contribution >= 0.6 is 0 Å². The van der Waals surface area contributed by atoms with Crippen molar-refractivity contribution in [2.45, 2.75) is 38.0 Å². The van der Waals surface area contributed by atoms with Gasteiger partial charge in [0.15, 0.2) is 0 Å². The number of hydrogen-bond acceptors (Lipinski definition) is 3. The van der Waals surface area contributed by atoms with Gasteiger partial charge in [0.1, 0.15) is 0 Å². The lowest BCUT2D eigenvalue weighted by Gasteiger charge is -2.35. The maximum atomic E-state index is 11.0. The molecule has 3 rings (SSSR count). The Morgan fingerprint density at radius 1 is 1.37 bits per heavy atom. The lowest BCUT2D eigenvalue weighted by molar-refractivity contribution is -0.0445. The predicted octanol–water partition coefficient (Wildman–Crippen LogP) is 2.05. The molecule has 2 heterocycles. The van der Waals surface area contributed by atoms with E-state index >= 15 is 0 Å². The summed E-state index contributed by atoms with van der Waals surface area (Å²) in [7, 11) is 0. The summed E-state index contributed by atoms with van der Waals surface area (Å²) in [4.78, 5) is 2.40. The Labute approximate surface area is 115 Å². The van der Waals surface area contributed by atoms with Crippen LogP contribution in [-0.4, -0.2) is 41.4 Å².